The van der Waals surface area contributed by atoms with E-state index in [0.29, 0.717) is 6.61 Å². The highest BCUT2D eigenvalue weighted by Gasteiger charge is 2.08. The minimum absolute atomic E-state index is 0.272. The average molecular weight is 380 g/mol. The van der Waals surface area contributed by atoms with Crippen LogP contribution in [0.3, 0.4) is 0 Å². The van der Waals surface area contributed by atoms with Crippen LogP contribution in [0.1, 0.15) is 19.4 Å². The van der Waals surface area contributed by atoms with Gasteiger partial charge in [-0.2, -0.15) is 0 Å². The van der Waals surface area contributed by atoms with E-state index in [2.05, 4.69) is 30.6 Å². The number of benzene rings is 2. The van der Waals surface area contributed by atoms with Crippen molar-refractivity contribution in [2.75, 3.05) is 45.3 Å². The highest BCUT2D eigenvalue weighted by Crippen LogP contribution is 2.18. The Kier molecular flexibility index (Phi) is 8.38. The van der Waals surface area contributed by atoms with Gasteiger partial charge in [0.05, 0.1) is 7.11 Å². The van der Waals surface area contributed by atoms with Gasteiger partial charge in [0, 0.05) is 30.8 Å². The standard InChI is InChI=1S/C23H28N2O3/c1-5-25(6-2)17-18-28-22-14-10-20(11-15-22)24(3)23(26)16-9-19-7-12-21(27-4)13-8-19/h7-8,10-15H,5-6,17-18H2,1-4H3. The number of ether oxygens (including phenoxy) is 2. The van der Waals surface area contributed by atoms with Crippen LogP contribution in [0.2, 0.25) is 0 Å². The first kappa shape index (κ1) is 21.3. The van der Waals surface area contributed by atoms with Crippen molar-refractivity contribution >= 4 is 11.6 Å². The number of hydrogen-bond donors (Lipinski definition) is 0. The zero-order chi connectivity index (χ0) is 20.4. The summed E-state index contributed by atoms with van der Waals surface area (Å²) in [4.78, 5) is 16.2. The summed E-state index contributed by atoms with van der Waals surface area (Å²) in [6, 6.07) is 14.7. The van der Waals surface area contributed by atoms with Gasteiger partial charge in [0.15, 0.2) is 0 Å². The summed E-state index contributed by atoms with van der Waals surface area (Å²) in [7, 11) is 3.32. The molecule has 0 aromatic heterocycles. The van der Waals surface area contributed by atoms with Gasteiger partial charge in [0.1, 0.15) is 18.1 Å². The van der Waals surface area contributed by atoms with Crippen LogP contribution < -0.4 is 14.4 Å². The lowest BCUT2D eigenvalue weighted by atomic mass is 10.2. The molecule has 0 bridgehead atoms. The van der Waals surface area contributed by atoms with E-state index in [1.165, 1.54) is 4.90 Å². The Balaban J connectivity index is 1.91. The maximum atomic E-state index is 12.3. The zero-order valence-electron chi connectivity index (χ0n) is 17.1. The van der Waals surface area contributed by atoms with Crippen LogP contribution in [-0.2, 0) is 4.79 Å². The lowest BCUT2D eigenvalue weighted by Crippen LogP contribution is -2.27. The number of methoxy groups -OCH3 is 1. The Morgan fingerprint density at radius 2 is 1.57 bits per heavy atom. The molecule has 28 heavy (non-hydrogen) atoms. The van der Waals surface area contributed by atoms with Gasteiger partial charge in [0.2, 0.25) is 0 Å². The van der Waals surface area contributed by atoms with Gasteiger partial charge >= 0.3 is 5.91 Å². The molecule has 5 heteroatoms. The van der Waals surface area contributed by atoms with Gasteiger partial charge in [-0.3, -0.25) is 4.79 Å². The molecule has 0 unspecified atom stereocenters. The highest BCUT2D eigenvalue weighted by molar-refractivity contribution is 6.05. The minimum Gasteiger partial charge on any atom is -0.497 e. The van der Waals surface area contributed by atoms with Crippen molar-refractivity contribution in [2.45, 2.75) is 13.8 Å². The lowest BCUT2D eigenvalue weighted by Gasteiger charge is -2.18. The predicted molar refractivity (Wildman–Crippen MR) is 113 cm³/mol. The maximum absolute atomic E-state index is 12.3. The first-order valence-electron chi connectivity index (χ1n) is 9.46. The van der Waals surface area contributed by atoms with E-state index in [4.69, 9.17) is 9.47 Å². The van der Waals surface area contributed by atoms with E-state index in [9.17, 15) is 4.79 Å². The normalized spacial score (nSPS) is 10.2. The quantitative estimate of drug-likeness (QED) is 0.658. The van der Waals surface area contributed by atoms with Crippen molar-refractivity contribution in [3.63, 3.8) is 0 Å². The zero-order valence-corrected chi connectivity index (χ0v) is 17.1. The van der Waals surface area contributed by atoms with Crippen LogP contribution in [0.5, 0.6) is 11.5 Å². The second kappa shape index (κ2) is 11.0. The predicted octanol–water partition coefficient (Wildman–Crippen LogP) is 3.43. The second-order valence-corrected chi connectivity index (χ2v) is 6.21. The highest BCUT2D eigenvalue weighted by atomic mass is 16.5. The van der Waals surface area contributed by atoms with Crippen molar-refractivity contribution in [3.05, 3.63) is 54.1 Å². The fraction of sp³-hybridized carbons (Fsp3) is 0.348. The van der Waals surface area contributed by atoms with Gasteiger partial charge in [-0.25, -0.2) is 0 Å². The number of anilines is 1. The molecule has 0 aliphatic heterocycles. The van der Waals surface area contributed by atoms with Crippen LogP contribution in [0, 0.1) is 11.8 Å². The monoisotopic (exact) mass is 380 g/mol. The van der Waals surface area contributed by atoms with E-state index in [1.807, 2.05) is 48.5 Å². The van der Waals surface area contributed by atoms with Crippen molar-refractivity contribution in [1.29, 1.82) is 0 Å². The smallest absolute Gasteiger partial charge is 0.302 e. The number of hydrogen-bond acceptors (Lipinski definition) is 4. The number of rotatable bonds is 8. The molecule has 0 heterocycles. The van der Waals surface area contributed by atoms with Gasteiger partial charge in [-0.1, -0.05) is 19.8 Å². The molecule has 0 aliphatic carbocycles. The van der Waals surface area contributed by atoms with Gasteiger partial charge in [0.25, 0.3) is 0 Å². The third kappa shape index (κ3) is 6.33. The average Bonchev–Trinajstić information content (AvgIpc) is 2.75. The minimum atomic E-state index is -0.272. The van der Waals surface area contributed by atoms with E-state index in [-0.39, 0.29) is 5.91 Å². The molecule has 0 radical (unpaired) electrons. The number of likely N-dealkylation sites (N-methyl/N-ethyl adjacent to an activating group) is 1. The summed E-state index contributed by atoms with van der Waals surface area (Å²) in [5, 5.41) is 0. The first-order valence-corrected chi connectivity index (χ1v) is 9.46. The molecule has 5 nitrogen and oxygen atoms in total. The Labute approximate surface area is 167 Å². The molecule has 0 spiro atoms. The summed E-state index contributed by atoms with van der Waals surface area (Å²) in [6.07, 6.45) is 0. The number of amides is 1. The molecule has 2 rings (SSSR count). The molecule has 1 amide bonds. The molecular weight excluding hydrogens is 352 g/mol. The van der Waals surface area contributed by atoms with Crippen LogP contribution in [0.25, 0.3) is 0 Å². The topological polar surface area (TPSA) is 42.0 Å². The van der Waals surface area contributed by atoms with E-state index >= 15 is 0 Å². The van der Waals surface area contributed by atoms with Crippen molar-refractivity contribution in [2.24, 2.45) is 0 Å². The Bertz CT molecular complexity index is 800. The Morgan fingerprint density at radius 1 is 0.964 bits per heavy atom. The van der Waals surface area contributed by atoms with Crippen molar-refractivity contribution in [1.82, 2.24) is 4.90 Å². The molecule has 0 aliphatic rings. The summed E-state index contributed by atoms with van der Waals surface area (Å²) >= 11 is 0. The van der Waals surface area contributed by atoms with Crippen LogP contribution in [0.15, 0.2) is 48.5 Å². The Hall–Kier alpha value is -2.97. The van der Waals surface area contributed by atoms with Gasteiger partial charge < -0.3 is 19.3 Å². The maximum Gasteiger partial charge on any atom is 0.302 e. The van der Waals surface area contributed by atoms with Gasteiger partial charge in [-0.05, 0) is 61.6 Å². The van der Waals surface area contributed by atoms with Crippen molar-refractivity contribution < 1.29 is 14.3 Å². The van der Waals surface area contributed by atoms with Crippen LogP contribution >= 0.6 is 0 Å². The molecule has 0 fully saturated rings. The van der Waals surface area contributed by atoms with E-state index in [0.717, 1.165) is 42.4 Å². The molecule has 2 aromatic carbocycles. The van der Waals surface area contributed by atoms with Gasteiger partial charge in [-0.15, -0.1) is 0 Å². The van der Waals surface area contributed by atoms with E-state index < -0.39 is 0 Å². The summed E-state index contributed by atoms with van der Waals surface area (Å²) in [6.45, 7) is 7.86. The molecule has 148 valence electrons. The third-order valence-corrected chi connectivity index (χ3v) is 4.50. The van der Waals surface area contributed by atoms with Crippen LogP contribution in [0.4, 0.5) is 5.69 Å². The molecule has 0 N–H and O–H groups in total. The van der Waals surface area contributed by atoms with Crippen LogP contribution in [-0.4, -0.2) is 51.2 Å². The summed E-state index contributed by atoms with van der Waals surface area (Å²) in [5.74, 6) is 6.83. The summed E-state index contributed by atoms with van der Waals surface area (Å²) < 4.78 is 10.9. The third-order valence-electron chi connectivity index (χ3n) is 4.50. The molecule has 0 saturated carbocycles. The first-order chi connectivity index (χ1) is 13.6. The Morgan fingerprint density at radius 3 is 2.14 bits per heavy atom. The van der Waals surface area contributed by atoms with Crippen molar-refractivity contribution in [3.8, 4) is 23.3 Å². The van der Waals surface area contributed by atoms with E-state index in [1.54, 1.807) is 14.2 Å². The fourth-order valence-electron chi connectivity index (χ4n) is 2.60. The molecule has 0 saturated heterocycles. The molecule has 0 atom stereocenters. The number of carbonyl (C=O) groups excluding carboxylic acids is 1. The summed E-state index contributed by atoms with van der Waals surface area (Å²) in [5.41, 5.74) is 1.53. The fourth-order valence-corrected chi connectivity index (χ4v) is 2.60. The molecule has 2 aromatic rings. The number of nitrogens with zero attached hydrogens (tertiary/aromatic N) is 2. The second-order valence-electron chi connectivity index (χ2n) is 6.21. The SMILES string of the molecule is CCN(CC)CCOc1ccc(N(C)C(=O)C#Cc2ccc(OC)cc2)cc1. The largest absolute Gasteiger partial charge is 0.497 e. The number of carbonyl (C=O) groups is 1. The lowest BCUT2D eigenvalue weighted by molar-refractivity contribution is -0.113. The molecular formula is C23H28N2O3.